The lowest BCUT2D eigenvalue weighted by Gasteiger charge is -2.11. The molecule has 0 spiro atoms. The zero-order chi connectivity index (χ0) is 20.1. The number of carbonyl (C=O) groups is 1. The Morgan fingerprint density at radius 2 is 1.96 bits per heavy atom. The minimum absolute atomic E-state index is 0.00522. The van der Waals surface area contributed by atoms with Crippen LogP contribution in [-0.2, 0) is 0 Å². The molecule has 1 amide bonds. The summed E-state index contributed by atoms with van der Waals surface area (Å²) in [4.78, 5) is 30.4. The van der Waals surface area contributed by atoms with E-state index in [1.165, 1.54) is 36.2 Å². The number of aromatic hydroxyl groups is 1. The summed E-state index contributed by atoms with van der Waals surface area (Å²) in [6.45, 7) is 0. The van der Waals surface area contributed by atoms with Gasteiger partial charge in [-0.3, -0.25) is 24.1 Å². The van der Waals surface area contributed by atoms with Gasteiger partial charge in [0, 0.05) is 18.0 Å². The topological polar surface area (TPSA) is 122 Å². The highest BCUT2D eigenvalue weighted by molar-refractivity contribution is 7.71. The maximum Gasteiger partial charge on any atom is 0.271 e. The number of carbonyl (C=O) groups excluding carboxylic acids is 1. The Bertz CT molecular complexity index is 1140. The maximum atomic E-state index is 12.2. The van der Waals surface area contributed by atoms with Gasteiger partial charge in [0.2, 0.25) is 5.88 Å². The summed E-state index contributed by atoms with van der Waals surface area (Å²) in [5.41, 5.74) is 2.32. The van der Waals surface area contributed by atoms with Gasteiger partial charge in [0.1, 0.15) is 11.3 Å². The molecule has 3 aromatic rings. The van der Waals surface area contributed by atoms with Crippen LogP contribution in [0.25, 0.3) is 5.69 Å². The molecule has 28 heavy (non-hydrogen) atoms. The number of nitrogens with zero attached hydrogens (tertiary/aromatic N) is 3. The fourth-order valence-corrected chi connectivity index (χ4v) is 2.63. The van der Waals surface area contributed by atoms with Gasteiger partial charge in [-0.15, -0.1) is 0 Å². The molecular formula is C18H15N5O4S. The summed E-state index contributed by atoms with van der Waals surface area (Å²) >= 11 is 5.14. The first-order valence-electron chi connectivity index (χ1n) is 7.97. The van der Waals surface area contributed by atoms with Crippen LogP contribution in [-0.4, -0.2) is 38.9 Å². The highest BCUT2D eigenvalue weighted by atomic mass is 32.1. The van der Waals surface area contributed by atoms with Crippen molar-refractivity contribution in [2.45, 2.75) is 0 Å². The van der Waals surface area contributed by atoms with E-state index in [9.17, 15) is 14.7 Å². The Labute approximate surface area is 164 Å². The number of hydrogen-bond acceptors (Lipinski definition) is 7. The molecule has 0 saturated carbocycles. The Hall–Kier alpha value is -3.79. The van der Waals surface area contributed by atoms with Crippen molar-refractivity contribution in [2.24, 2.45) is 5.10 Å². The van der Waals surface area contributed by atoms with Gasteiger partial charge >= 0.3 is 0 Å². The van der Waals surface area contributed by atoms with Crippen molar-refractivity contribution in [2.75, 3.05) is 7.11 Å². The third-order valence-electron chi connectivity index (χ3n) is 3.75. The van der Waals surface area contributed by atoms with E-state index < -0.39 is 17.3 Å². The van der Waals surface area contributed by atoms with Gasteiger partial charge in [0.15, 0.2) is 4.77 Å². The highest BCUT2D eigenvalue weighted by Gasteiger charge is 2.13. The molecule has 0 atom stereocenters. The van der Waals surface area contributed by atoms with Crippen LogP contribution in [0.15, 0.2) is 58.7 Å². The average Bonchev–Trinajstić information content (AvgIpc) is 2.71. The zero-order valence-corrected chi connectivity index (χ0v) is 15.4. The van der Waals surface area contributed by atoms with Crippen LogP contribution in [0.2, 0.25) is 0 Å². The SMILES string of the molecule is COc1ccc(-n2c(O)c(C=NNC(=O)c3ccncc3)c(=O)[nH]c2=S)cc1. The Morgan fingerprint density at radius 3 is 2.61 bits per heavy atom. The van der Waals surface area contributed by atoms with Crippen LogP contribution in [0.5, 0.6) is 11.6 Å². The first-order valence-corrected chi connectivity index (χ1v) is 8.38. The number of amides is 1. The predicted molar refractivity (Wildman–Crippen MR) is 105 cm³/mol. The van der Waals surface area contributed by atoms with Crippen LogP contribution in [0.4, 0.5) is 0 Å². The second-order valence-electron chi connectivity index (χ2n) is 5.47. The normalized spacial score (nSPS) is 10.8. The molecule has 2 heterocycles. The van der Waals surface area contributed by atoms with Gasteiger partial charge in [-0.1, -0.05) is 0 Å². The molecule has 2 aromatic heterocycles. The molecule has 3 N–H and O–H groups in total. The monoisotopic (exact) mass is 397 g/mol. The van der Waals surface area contributed by atoms with E-state index in [2.05, 4.69) is 20.5 Å². The molecule has 0 radical (unpaired) electrons. The number of aromatic nitrogens is 3. The van der Waals surface area contributed by atoms with Gasteiger partial charge < -0.3 is 9.84 Å². The summed E-state index contributed by atoms with van der Waals surface area (Å²) in [6.07, 6.45) is 3.98. The molecule has 0 saturated heterocycles. The fourth-order valence-electron chi connectivity index (χ4n) is 2.35. The molecule has 0 aliphatic carbocycles. The third-order valence-corrected chi connectivity index (χ3v) is 4.04. The van der Waals surface area contributed by atoms with E-state index in [1.807, 2.05) is 0 Å². The minimum atomic E-state index is -0.644. The molecule has 142 valence electrons. The predicted octanol–water partition coefficient (Wildman–Crippen LogP) is 1.77. The second-order valence-corrected chi connectivity index (χ2v) is 5.85. The molecular weight excluding hydrogens is 382 g/mol. The zero-order valence-electron chi connectivity index (χ0n) is 14.6. The van der Waals surface area contributed by atoms with Gasteiger partial charge in [0.05, 0.1) is 19.0 Å². The molecule has 0 aliphatic rings. The Morgan fingerprint density at radius 1 is 1.29 bits per heavy atom. The minimum Gasteiger partial charge on any atom is -0.497 e. The summed E-state index contributed by atoms with van der Waals surface area (Å²) < 4.78 is 6.37. The van der Waals surface area contributed by atoms with Crippen molar-refractivity contribution in [3.63, 3.8) is 0 Å². The highest BCUT2D eigenvalue weighted by Crippen LogP contribution is 2.21. The number of benzene rings is 1. The molecule has 0 unspecified atom stereocenters. The van der Waals surface area contributed by atoms with Crippen LogP contribution >= 0.6 is 12.2 Å². The van der Waals surface area contributed by atoms with Crippen molar-refractivity contribution < 1.29 is 14.6 Å². The Balaban J connectivity index is 1.92. The fraction of sp³-hybridized carbons (Fsp3) is 0.0556. The number of methoxy groups -OCH3 is 1. The summed E-state index contributed by atoms with van der Waals surface area (Å²) in [5.74, 6) is -0.280. The van der Waals surface area contributed by atoms with Gasteiger partial charge in [0.25, 0.3) is 11.5 Å². The van der Waals surface area contributed by atoms with Crippen LogP contribution < -0.4 is 15.7 Å². The largest absolute Gasteiger partial charge is 0.497 e. The number of hydrogen-bond donors (Lipinski definition) is 3. The van der Waals surface area contributed by atoms with Gasteiger partial charge in [-0.05, 0) is 48.6 Å². The van der Waals surface area contributed by atoms with E-state index >= 15 is 0 Å². The Kier molecular flexibility index (Phi) is 5.61. The summed E-state index contributed by atoms with van der Waals surface area (Å²) in [6, 6.07) is 9.73. The van der Waals surface area contributed by atoms with Gasteiger partial charge in [-0.25, -0.2) is 5.43 Å². The number of pyridine rings is 1. The quantitative estimate of drug-likeness (QED) is 0.343. The number of ether oxygens (including phenoxy) is 1. The lowest BCUT2D eigenvalue weighted by molar-refractivity contribution is 0.0955. The smallest absolute Gasteiger partial charge is 0.271 e. The molecule has 0 fully saturated rings. The number of aromatic amines is 1. The number of H-pyrrole nitrogens is 1. The van der Waals surface area contributed by atoms with Crippen molar-refractivity contribution >= 4 is 24.3 Å². The number of rotatable bonds is 5. The first-order chi connectivity index (χ1) is 13.5. The van der Waals surface area contributed by atoms with E-state index in [0.29, 0.717) is 17.0 Å². The molecule has 9 nitrogen and oxygen atoms in total. The standard InChI is InChI=1S/C18H15N5O4S/c1-27-13-4-2-12(3-5-13)23-17(26)14(16(25)21-18(23)28)10-20-22-15(24)11-6-8-19-9-7-11/h2-10,26H,1H3,(H,22,24)(H,21,25,28). The van der Waals surface area contributed by atoms with Crippen LogP contribution in [0, 0.1) is 4.77 Å². The maximum absolute atomic E-state index is 12.2. The average molecular weight is 397 g/mol. The molecule has 1 aromatic carbocycles. The molecule has 3 rings (SSSR count). The summed E-state index contributed by atoms with van der Waals surface area (Å²) in [7, 11) is 1.53. The van der Waals surface area contributed by atoms with Crippen molar-refractivity contribution in [3.05, 3.63) is 75.0 Å². The van der Waals surface area contributed by atoms with E-state index in [-0.39, 0.29) is 10.3 Å². The van der Waals surface area contributed by atoms with E-state index in [0.717, 1.165) is 6.21 Å². The van der Waals surface area contributed by atoms with Crippen molar-refractivity contribution in [1.82, 2.24) is 20.0 Å². The van der Waals surface area contributed by atoms with Gasteiger partial charge in [-0.2, -0.15) is 5.10 Å². The van der Waals surface area contributed by atoms with Crippen LogP contribution in [0.1, 0.15) is 15.9 Å². The van der Waals surface area contributed by atoms with E-state index in [4.69, 9.17) is 17.0 Å². The van der Waals surface area contributed by atoms with Crippen molar-refractivity contribution in [1.29, 1.82) is 0 Å². The number of hydrazone groups is 1. The molecule has 0 aliphatic heterocycles. The molecule has 10 heteroatoms. The van der Waals surface area contributed by atoms with Crippen LogP contribution in [0.3, 0.4) is 0 Å². The molecule has 0 bridgehead atoms. The second kappa shape index (κ2) is 8.27. The lowest BCUT2D eigenvalue weighted by Crippen LogP contribution is -2.21. The first kappa shape index (κ1) is 19.0. The summed E-state index contributed by atoms with van der Waals surface area (Å²) in [5, 5.41) is 14.3. The van der Waals surface area contributed by atoms with E-state index in [1.54, 1.807) is 24.3 Å². The number of nitrogens with one attached hydrogen (secondary N) is 2. The lowest BCUT2D eigenvalue weighted by atomic mass is 10.2. The van der Waals surface area contributed by atoms with Crippen molar-refractivity contribution in [3.8, 4) is 17.3 Å². The third kappa shape index (κ3) is 3.96.